The van der Waals surface area contributed by atoms with E-state index < -0.39 is 39.5 Å². The van der Waals surface area contributed by atoms with Crippen molar-refractivity contribution >= 4 is 15.9 Å². The van der Waals surface area contributed by atoms with Gasteiger partial charge in [0, 0.05) is 0 Å². The standard InChI is InChI=1S/C11H11F3N2O3S/c12-11(13,14)9(5-6-15)16-10(17)7-3-1-2-4-8(7)20(16,18)19/h1-4,9H,5-6,15H2. The average Bonchev–Trinajstić information content (AvgIpc) is 2.55. The number of nitrogens with two attached hydrogens (primary N) is 1. The zero-order valence-corrected chi connectivity index (χ0v) is 10.9. The van der Waals surface area contributed by atoms with Gasteiger partial charge in [0.25, 0.3) is 15.9 Å². The van der Waals surface area contributed by atoms with E-state index in [9.17, 15) is 26.4 Å². The molecule has 110 valence electrons. The first kappa shape index (κ1) is 14.8. The van der Waals surface area contributed by atoms with Crippen LogP contribution in [0.2, 0.25) is 0 Å². The molecule has 0 bridgehead atoms. The summed E-state index contributed by atoms with van der Waals surface area (Å²) in [5.41, 5.74) is 4.85. The van der Waals surface area contributed by atoms with E-state index in [0.29, 0.717) is 0 Å². The second-order valence-corrected chi connectivity index (χ2v) is 6.02. The highest BCUT2D eigenvalue weighted by atomic mass is 32.2. The molecule has 0 saturated heterocycles. The number of amides is 1. The highest BCUT2D eigenvalue weighted by Gasteiger charge is 2.54. The smallest absolute Gasteiger partial charge is 0.330 e. The number of benzene rings is 1. The van der Waals surface area contributed by atoms with Gasteiger partial charge >= 0.3 is 6.18 Å². The summed E-state index contributed by atoms with van der Waals surface area (Å²) in [6, 6.07) is 2.58. The molecule has 9 heteroatoms. The highest BCUT2D eigenvalue weighted by molar-refractivity contribution is 7.90. The molecule has 0 saturated carbocycles. The Morgan fingerprint density at radius 3 is 2.35 bits per heavy atom. The average molecular weight is 308 g/mol. The Balaban J connectivity index is 2.57. The fourth-order valence-electron chi connectivity index (χ4n) is 2.08. The van der Waals surface area contributed by atoms with Gasteiger partial charge in [-0.05, 0) is 25.1 Å². The van der Waals surface area contributed by atoms with Crippen LogP contribution in [0.15, 0.2) is 29.2 Å². The number of hydrogen-bond acceptors (Lipinski definition) is 4. The van der Waals surface area contributed by atoms with Crippen LogP contribution in [0.4, 0.5) is 13.2 Å². The number of alkyl halides is 3. The predicted molar refractivity (Wildman–Crippen MR) is 63.3 cm³/mol. The van der Waals surface area contributed by atoms with Crippen molar-refractivity contribution < 1.29 is 26.4 Å². The van der Waals surface area contributed by atoms with E-state index in [1.54, 1.807) is 0 Å². The molecular formula is C11H11F3N2O3S. The first-order valence-electron chi connectivity index (χ1n) is 5.66. The maximum absolute atomic E-state index is 13.0. The maximum Gasteiger partial charge on any atom is 0.410 e. The van der Waals surface area contributed by atoms with E-state index in [1.165, 1.54) is 18.2 Å². The fourth-order valence-corrected chi connectivity index (χ4v) is 3.86. The molecular weight excluding hydrogens is 297 g/mol. The van der Waals surface area contributed by atoms with Crippen LogP contribution in [0.3, 0.4) is 0 Å². The van der Waals surface area contributed by atoms with Gasteiger partial charge < -0.3 is 5.73 Å². The Hall–Kier alpha value is -1.61. The Kier molecular flexibility index (Phi) is 3.51. The Labute approximate surface area is 113 Å². The molecule has 0 spiro atoms. The third-order valence-electron chi connectivity index (χ3n) is 2.96. The number of halogens is 3. The van der Waals surface area contributed by atoms with Gasteiger partial charge in [0.15, 0.2) is 0 Å². The van der Waals surface area contributed by atoms with Crippen molar-refractivity contribution in [2.24, 2.45) is 5.73 Å². The molecule has 1 aliphatic heterocycles. The van der Waals surface area contributed by atoms with Gasteiger partial charge in [-0.2, -0.15) is 13.2 Å². The lowest BCUT2D eigenvalue weighted by Crippen LogP contribution is -2.49. The number of hydrogen-bond donors (Lipinski definition) is 1. The summed E-state index contributed by atoms with van der Waals surface area (Å²) in [6.07, 6.45) is -5.55. The molecule has 1 aromatic carbocycles. The van der Waals surface area contributed by atoms with Gasteiger partial charge in [0.2, 0.25) is 0 Å². The van der Waals surface area contributed by atoms with Gasteiger partial charge in [0.05, 0.1) is 5.56 Å². The maximum atomic E-state index is 13.0. The van der Waals surface area contributed by atoms with Crippen molar-refractivity contribution in [2.45, 2.75) is 23.5 Å². The molecule has 0 radical (unpaired) electrons. The van der Waals surface area contributed by atoms with Crippen LogP contribution < -0.4 is 5.73 Å². The van der Waals surface area contributed by atoms with E-state index in [4.69, 9.17) is 5.73 Å². The van der Waals surface area contributed by atoms with Gasteiger partial charge in [-0.15, -0.1) is 0 Å². The first-order valence-corrected chi connectivity index (χ1v) is 7.10. The van der Waals surface area contributed by atoms with Gasteiger partial charge in [-0.1, -0.05) is 12.1 Å². The third-order valence-corrected chi connectivity index (χ3v) is 4.81. The molecule has 0 aromatic heterocycles. The molecule has 1 amide bonds. The normalized spacial score (nSPS) is 19.0. The molecule has 0 fully saturated rings. The molecule has 0 aliphatic carbocycles. The molecule has 1 aliphatic rings. The van der Waals surface area contributed by atoms with E-state index in [0.717, 1.165) is 6.07 Å². The minimum Gasteiger partial charge on any atom is -0.330 e. The van der Waals surface area contributed by atoms with Crippen molar-refractivity contribution in [3.8, 4) is 0 Å². The van der Waals surface area contributed by atoms with Crippen LogP contribution >= 0.6 is 0 Å². The molecule has 2 rings (SSSR count). The van der Waals surface area contributed by atoms with E-state index in [1.807, 2.05) is 0 Å². The monoisotopic (exact) mass is 308 g/mol. The van der Waals surface area contributed by atoms with E-state index in [-0.39, 0.29) is 16.4 Å². The van der Waals surface area contributed by atoms with Crippen LogP contribution in [0.25, 0.3) is 0 Å². The lowest BCUT2D eigenvalue weighted by molar-refractivity contribution is -0.167. The van der Waals surface area contributed by atoms with Crippen LogP contribution in [0.5, 0.6) is 0 Å². The number of fused-ring (bicyclic) bond motifs is 1. The molecule has 1 atom stereocenters. The van der Waals surface area contributed by atoms with E-state index >= 15 is 0 Å². The summed E-state index contributed by atoms with van der Waals surface area (Å²) >= 11 is 0. The number of carbonyl (C=O) groups is 1. The lowest BCUT2D eigenvalue weighted by Gasteiger charge is -2.28. The quantitative estimate of drug-likeness (QED) is 0.907. The van der Waals surface area contributed by atoms with Gasteiger partial charge in [0.1, 0.15) is 10.9 Å². The van der Waals surface area contributed by atoms with Crippen LogP contribution in [0.1, 0.15) is 16.8 Å². The van der Waals surface area contributed by atoms with Crippen molar-refractivity contribution in [3.63, 3.8) is 0 Å². The predicted octanol–water partition coefficient (Wildman–Crippen LogP) is 1.11. The fraction of sp³-hybridized carbons (Fsp3) is 0.364. The van der Waals surface area contributed by atoms with Crippen molar-refractivity contribution in [3.05, 3.63) is 29.8 Å². The largest absolute Gasteiger partial charge is 0.410 e. The second kappa shape index (κ2) is 4.74. The summed E-state index contributed by atoms with van der Waals surface area (Å²) < 4.78 is 63.1. The zero-order valence-electron chi connectivity index (χ0n) is 10.1. The lowest BCUT2D eigenvalue weighted by atomic mass is 10.1. The van der Waals surface area contributed by atoms with Gasteiger partial charge in [-0.3, -0.25) is 4.79 Å². The van der Waals surface area contributed by atoms with Crippen molar-refractivity contribution in [2.75, 3.05) is 6.54 Å². The molecule has 1 aromatic rings. The van der Waals surface area contributed by atoms with Crippen molar-refractivity contribution in [1.82, 2.24) is 4.31 Å². The number of nitrogens with zero attached hydrogens (tertiary/aromatic N) is 1. The molecule has 20 heavy (non-hydrogen) atoms. The summed E-state index contributed by atoms with van der Waals surface area (Å²) in [5, 5.41) is 0. The summed E-state index contributed by atoms with van der Waals surface area (Å²) in [5.74, 6) is -1.17. The molecule has 2 N–H and O–H groups in total. The van der Waals surface area contributed by atoms with Crippen LogP contribution in [0, 0.1) is 0 Å². The summed E-state index contributed by atoms with van der Waals surface area (Å²) in [7, 11) is -4.49. The Bertz CT molecular complexity index is 643. The second-order valence-electron chi connectivity index (χ2n) is 4.24. The third kappa shape index (κ3) is 2.16. The Morgan fingerprint density at radius 2 is 1.85 bits per heavy atom. The number of carbonyl (C=O) groups excluding carboxylic acids is 1. The SMILES string of the molecule is NCCC(N1C(=O)c2ccccc2S1(=O)=O)C(F)(F)F. The summed E-state index contributed by atoms with van der Waals surface area (Å²) in [6.45, 7) is -0.389. The topological polar surface area (TPSA) is 80.5 Å². The van der Waals surface area contributed by atoms with Crippen LogP contribution in [-0.2, 0) is 10.0 Å². The molecule has 1 unspecified atom stereocenters. The van der Waals surface area contributed by atoms with Crippen molar-refractivity contribution in [1.29, 1.82) is 0 Å². The summed E-state index contributed by atoms with van der Waals surface area (Å²) in [4.78, 5) is 11.6. The first-order chi connectivity index (χ1) is 9.21. The minimum atomic E-state index is -4.87. The van der Waals surface area contributed by atoms with E-state index in [2.05, 4.69) is 0 Å². The molecule has 5 nitrogen and oxygen atoms in total. The highest BCUT2D eigenvalue weighted by Crippen LogP contribution is 2.37. The zero-order chi connectivity index (χ0) is 15.1. The Morgan fingerprint density at radius 1 is 1.25 bits per heavy atom. The van der Waals surface area contributed by atoms with Crippen LogP contribution in [-0.4, -0.2) is 37.4 Å². The minimum absolute atomic E-state index is 0.107. The molecule has 1 heterocycles. The number of sulfonamides is 1. The number of rotatable bonds is 3. The van der Waals surface area contributed by atoms with Gasteiger partial charge in [-0.25, -0.2) is 12.7 Å².